The predicted octanol–water partition coefficient (Wildman–Crippen LogP) is 4.14. The minimum atomic E-state index is -4.09. The van der Waals surface area contributed by atoms with Crippen molar-refractivity contribution in [1.29, 1.82) is 0 Å². The van der Waals surface area contributed by atoms with E-state index < -0.39 is 21.7 Å². The van der Waals surface area contributed by atoms with E-state index in [2.05, 4.69) is 9.71 Å². The number of thiazole rings is 1. The molecule has 0 aliphatic carbocycles. The Morgan fingerprint density at radius 2 is 1.88 bits per heavy atom. The molecule has 0 spiro atoms. The molecule has 2 aromatic carbocycles. The Morgan fingerprint density at radius 3 is 2.65 bits per heavy atom. The molecule has 0 aliphatic heterocycles. The molecule has 4 rings (SSSR count). The Kier molecular flexibility index (Phi) is 3.97. The van der Waals surface area contributed by atoms with E-state index in [9.17, 15) is 17.2 Å². The van der Waals surface area contributed by atoms with Crippen molar-refractivity contribution in [3.8, 4) is 11.3 Å². The number of imidazole rings is 1. The van der Waals surface area contributed by atoms with Crippen LogP contribution < -0.4 is 4.72 Å². The number of anilines is 1. The van der Waals surface area contributed by atoms with Crippen LogP contribution in [0.15, 0.2) is 65.1 Å². The molecule has 26 heavy (non-hydrogen) atoms. The molecule has 0 aliphatic rings. The van der Waals surface area contributed by atoms with Gasteiger partial charge in [-0.3, -0.25) is 9.12 Å². The zero-order chi connectivity index (χ0) is 18.3. The van der Waals surface area contributed by atoms with Crippen LogP contribution in [0.4, 0.5) is 14.5 Å². The molecule has 0 atom stereocenters. The minimum absolute atomic E-state index is 0.294. The van der Waals surface area contributed by atoms with Crippen LogP contribution >= 0.6 is 11.3 Å². The molecule has 5 nitrogen and oxygen atoms in total. The number of halogens is 2. The van der Waals surface area contributed by atoms with Gasteiger partial charge in [-0.1, -0.05) is 18.2 Å². The van der Waals surface area contributed by atoms with Crippen LogP contribution in [0.3, 0.4) is 0 Å². The van der Waals surface area contributed by atoms with Gasteiger partial charge in [0.05, 0.1) is 16.3 Å². The zero-order valence-corrected chi connectivity index (χ0v) is 14.7. The SMILES string of the molecule is O=S(=O)(Nc1ccccc1-c1cn2ccsc2n1)c1ccc(F)c(F)c1. The number of fused-ring (bicyclic) bond motifs is 1. The second kappa shape index (κ2) is 6.19. The van der Waals surface area contributed by atoms with Crippen LogP contribution in [0, 0.1) is 11.6 Å². The number of aromatic nitrogens is 2. The molecule has 4 aromatic rings. The third kappa shape index (κ3) is 2.95. The molecule has 0 saturated carbocycles. The maximum atomic E-state index is 13.4. The summed E-state index contributed by atoms with van der Waals surface area (Å²) in [7, 11) is -4.09. The Morgan fingerprint density at radius 1 is 1.08 bits per heavy atom. The number of rotatable bonds is 4. The van der Waals surface area contributed by atoms with E-state index in [1.807, 2.05) is 16.0 Å². The van der Waals surface area contributed by atoms with Gasteiger partial charge in [0.2, 0.25) is 0 Å². The van der Waals surface area contributed by atoms with Crippen molar-refractivity contribution >= 4 is 32.0 Å². The molecule has 9 heteroatoms. The van der Waals surface area contributed by atoms with Gasteiger partial charge in [-0.2, -0.15) is 0 Å². The lowest BCUT2D eigenvalue weighted by molar-refractivity contribution is 0.504. The highest BCUT2D eigenvalue weighted by molar-refractivity contribution is 7.92. The lowest BCUT2D eigenvalue weighted by Crippen LogP contribution is -2.14. The van der Waals surface area contributed by atoms with Crippen LogP contribution in [0.1, 0.15) is 0 Å². The van der Waals surface area contributed by atoms with Crippen molar-refractivity contribution < 1.29 is 17.2 Å². The highest BCUT2D eigenvalue weighted by atomic mass is 32.2. The fourth-order valence-electron chi connectivity index (χ4n) is 2.50. The minimum Gasteiger partial charge on any atom is -0.297 e. The van der Waals surface area contributed by atoms with Crippen LogP contribution in [0.5, 0.6) is 0 Å². The van der Waals surface area contributed by atoms with Gasteiger partial charge in [-0.05, 0) is 24.3 Å². The topological polar surface area (TPSA) is 63.5 Å². The van der Waals surface area contributed by atoms with Crippen LogP contribution in [-0.2, 0) is 10.0 Å². The Hall–Kier alpha value is -2.78. The van der Waals surface area contributed by atoms with E-state index in [0.717, 1.165) is 17.1 Å². The van der Waals surface area contributed by atoms with E-state index in [1.165, 1.54) is 11.3 Å². The predicted molar refractivity (Wildman–Crippen MR) is 95.7 cm³/mol. The number of nitrogens with one attached hydrogen (secondary N) is 1. The molecule has 0 saturated heterocycles. The Balaban J connectivity index is 1.74. The first-order valence-electron chi connectivity index (χ1n) is 7.43. The third-order valence-corrected chi connectivity index (χ3v) is 5.88. The normalized spacial score (nSPS) is 11.8. The van der Waals surface area contributed by atoms with Crippen molar-refractivity contribution in [3.63, 3.8) is 0 Å². The molecule has 0 radical (unpaired) electrons. The molecular weight excluding hydrogens is 380 g/mol. The number of hydrogen-bond donors (Lipinski definition) is 1. The molecule has 0 bridgehead atoms. The van der Waals surface area contributed by atoms with Gasteiger partial charge in [-0.25, -0.2) is 22.2 Å². The average Bonchev–Trinajstić information content (AvgIpc) is 3.19. The molecule has 2 aromatic heterocycles. The second-order valence-electron chi connectivity index (χ2n) is 5.45. The van der Waals surface area contributed by atoms with Gasteiger partial charge >= 0.3 is 0 Å². The number of nitrogens with zero attached hydrogens (tertiary/aromatic N) is 2. The summed E-state index contributed by atoms with van der Waals surface area (Å²) >= 11 is 1.46. The van der Waals surface area contributed by atoms with Gasteiger partial charge in [0, 0.05) is 23.3 Å². The Labute approximate surface area is 151 Å². The van der Waals surface area contributed by atoms with Gasteiger partial charge in [0.25, 0.3) is 10.0 Å². The Bertz CT molecular complexity index is 1190. The molecular formula is C17H11F2N3O2S2. The molecule has 1 N–H and O–H groups in total. The highest BCUT2D eigenvalue weighted by Crippen LogP contribution is 2.30. The number of hydrogen-bond acceptors (Lipinski definition) is 4. The summed E-state index contributed by atoms with van der Waals surface area (Å²) in [5.74, 6) is -2.34. The first-order valence-corrected chi connectivity index (χ1v) is 9.80. The van der Waals surface area contributed by atoms with Crippen LogP contribution in [-0.4, -0.2) is 17.8 Å². The van der Waals surface area contributed by atoms with Gasteiger partial charge < -0.3 is 0 Å². The van der Waals surface area contributed by atoms with Crippen molar-refractivity contribution in [2.45, 2.75) is 4.90 Å². The summed E-state index contributed by atoms with van der Waals surface area (Å²) in [6, 6.07) is 9.18. The van der Waals surface area contributed by atoms with Crippen molar-refractivity contribution in [1.82, 2.24) is 9.38 Å². The van der Waals surface area contributed by atoms with Crippen molar-refractivity contribution in [2.75, 3.05) is 4.72 Å². The van der Waals surface area contributed by atoms with Crippen molar-refractivity contribution in [2.24, 2.45) is 0 Å². The summed E-state index contributed by atoms with van der Waals surface area (Å²) in [5.41, 5.74) is 1.47. The maximum absolute atomic E-state index is 13.4. The molecule has 2 heterocycles. The lowest BCUT2D eigenvalue weighted by atomic mass is 10.1. The van der Waals surface area contributed by atoms with Crippen LogP contribution in [0.25, 0.3) is 16.2 Å². The standard InChI is InChI=1S/C17H11F2N3O2S2/c18-13-6-5-11(9-14(13)19)26(23,24)21-15-4-2-1-3-12(15)16-10-22-7-8-25-17(22)20-16/h1-10,21H. The molecule has 0 unspecified atom stereocenters. The van der Waals surface area contributed by atoms with E-state index in [1.54, 1.807) is 30.5 Å². The van der Waals surface area contributed by atoms with Gasteiger partial charge in [-0.15, -0.1) is 11.3 Å². The second-order valence-corrected chi connectivity index (χ2v) is 8.00. The van der Waals surface area contributed by atoms with Gasteiger partial charge in [0.15, 0.2) is 16.6 Å². The quantitative estimate of drug-likeness (QED) is 0.569. The number of sulfonamides is 1. The first kappa shape index (κ1) is 16.7. The maximum Gasteiger partial charge on any atom is 0.262 e. The monoisotopic (exact) mass is 391 g/mol. The van der Waals surface area contributed by atoms with Crippen LogP contribution in [0.2, 0.25) is 0 Å². The fourth-order valence-corrected chi connectivity index (χ4v) is 4.29. The summed E-state index contributed by atoms with van der Waals surface area (Å²) in [6.45, 7) is 0. The fraction of sp³-hybridized carbons (Fsp3) is 0. The van der Waals surface area contributed by atoms with E-state index in [4.69, 9.17) is 0 Å². The summed E-state index contributed by atoms with van der Waals surface area (Å²) in [4.78, 5) is 4.88. The zero-order valence-electron chi connectivity index (χ0n) is 13.1. The summed E-state index contributed by atoms with van der Waals surface area (Å²) in [5, 5.41) is 1.89. The molecule has 132 valence electrons. The van der Waals surface area contributed by atoms with E-state index >= 15 is 0 Å². The lowest BCUT2D eigenvalue weighted by Gasteiger charge is -2.11. The van der Waals surface area contributed by atoms with Gasteiger partial charge in [0.1, 0.15) is 0 Å². The average molecular weight is 391 g/mol. The van der Waals surface area contributed by atoms with E-state index in [-0.39, 0.29) is 4.90 Å². The van der Waals surface area contributed by atoms with Crippen molar-refractivity contribution in [3.05, 3.63) is 71.9 Å². The molecule has 0 fully saturated rings. The number of para-hydroxylation sites is 1. The van der Waals surface area contributed by atoms with E-state index in [0.29, 0.717) is 23.0 Å². The first-order chi connectivity index (χ1) is 12.4. The summed E-state index contributed by atoms with van der Waals surface area (Å²) in [6.07, 6.45) is 3.64. The third-order valence-electron chi connectivity index (χ3n) is 3.74. The smallest absolute Gasteiger partial charge is 0.262 e. The largest absolute Gasteiger partial charge is 0.297 e. The molecule has 0 amide bonds. The number of benzene rings is 2. The highest BCUT2D eigenvalue weighted by Gasteiger charge is 2.19. The summed E-state index contributed by atoms with van der Waals surface area (Å²) < 4.78 is 55.8.